The highest BCUT2D eigenvalue weighted by molar-refractivity contribution is 5.95. The van der Waals surface area contributed by atoms with Crippen molar-refractivity contribution in [1.82, 2.24) is 4.90 Å². The molecule has 7 nitrogen and oxygen atoms in total. The SMILES string of the molecule is O=C(CN1CCCC1c1ccc2c(c1)OCCO2)Nc1ccccc1N1CCOCC1. The normalized spacial score (nSPS) is 21.2. The molecule has 7 heteroatoms. The van der Waals surface area contributed by atoms with Crippen LogP contribution in [0.2, 0.25) is 0 Å². The summed E-state index contributed by atoms with van der Waals surface area (Å²) in [6, 6.07) is 14.4. The van der Waals surface area contributed by atoms with Crippen LogP contribution in [0.4, 0.5) is 11.4 Å². The molecule has 3 aliphatic heterocycles. The van der Waals surface area contributed by atoms with E-state index < -0.39 is 0 Å². The number of carbonyl (C=O) groups excluding carboxylic acids is 1. The lowest BCUT2D eigenvalue weighted by Crippen LogP contribution is -2.37. The Balaban J connectivity index is 1.26. The molecule has 2 aromatic carbocycles. The predicted octanol–water partition coefficient (Wildman–Crippen LogP) is 3.07. The van der Waals surface area contributed by atoms with E-state index in [-0.39, 0.29) is 11.9 Å². The lowest BCUT2D eigenvalue weighted by atomic mass is 10.0. The summed E-state index contributed by atoms with van der Waals surface area (Å²) in [6.45, 7) is 5.56. The number of para-hydroxylation sites is 2. The highest BCUT2D eigenvalue weighted by Crippen LogP contribution is 2.38. The third-order valence-corrected chi connectivity index (χ3v) is 6.19. The average Bonchev–Trinajstić information content (AvgIpc) is 3.27. The molecule has 31 heavy (non-hydrogen) atoms. The number of nitrogens with zero attached hydrogens (tertiary/aromatic N) is 2. The van der Waals surface area contributed by atoms with Crippen LogP contribution in [0.15, 0.2) is 42.5 Å². The first kappa shape index (κ1) is 20.2. The second-order valence-electron chi connectivity index (χ2n) is 8.20. The summed E-state index contributed by atoms with van der Waals surface area (Å²) >= 11 is 0. The van der Waals surface area contributed by atoms with Gasteiger partial charge in [0.25, 0.3) is 0 Å². The van der Waals surface area contributed by atoms with E-state index >= 15 is 0 Å². The Kier molecular flexibility index (Phi) is 5.95. The van der Waals surface area contributed by atoms with Gasteiger partial charge < -0.3 is 24.4 Å². The third kappa shape index (κ3) is 4.48. The quantitative estimate of drug-likeness (QED) is 0.798. The molecule has 5 rings (SSSR count). The maximum absolute atomic E-state index is 13.0. The maximum Gasteiger partial charge on any atom is 0.238 e. The van der Waals surface area contributed by atoms with Crippen molar-refractivity contribution >= 4 is 17.3 Å². The molecule has 164 valence electrons. The van der Waals surface area contributed by atoms with Crippen molar-refractivity contribution in [2.24, 2.45) is 0 Å². The number of hydrogen-bond donors (Lipinski definition) is 1. The van der Waals surface area contributed by atoms with Crippen molar-refractivity contribution in [3.63, 3.8) is 0 Å². The molecule has 2 aromatic rings. The van der Waals surface area contributed by atoms with Crippen LogP contribution in [0.3, 0.4) is 0 Å². The van der Waals surface area contributed by atoms with Gasteiger partial charge in [0.2, 0.25) is 5.91 Å². The number of fused-ring (bicyclic) bond motifs is 1. The molecule has 0 spiro atoms. The van der Waals surface area contributed by atoms with Gasteiger partial charge >= 0.3 is 0 Å². The minimum Gasteiger partial charge on any atom is -0.486 e. The van der Waals surface area contributed by atoms with E-state index in [2.05, 4.69) is 33.3 Å². The molecular weight excluding hydrogens is 394 g/mol. The molecule has 1 unspecified atom stereocenters. The standard InChI is InChI=1S/C24H29N3O4/c28-24(25-19-4-1-2-5-21(19)26-10-12-29-13-11-26)17-27-9-3-6-20(27)18-7-8-22-23(16-18)31-15-14-30-22/h1-2,4-5,7-8,16,20H,3,6,9-15,17H2,(H,25,28). The Bertz CT molecular complexity index is 929. The molecule has 0 aliphatic carbocycles. The van der Waals surface area contributed by atoms with Crippen molar-refractivity contribution in [2.75, 3.05) is 62.8 Å². The van der Waals surface area contributed by atoms with Crippen LogP contribution in [0.1, 0.15) is 24.4 Å². The zero-order chi connectivity index (χ0) is 21.0. The van der Waals surface area contributed by atoms with Crippen LogP contribution >= 0.6 is 0 Å². The molecule has 2 fully saturated rings. The molecule has 0 radical (unpaired) electrons. The monoisotopic (exact) mass is 423 g/mol. The van der Waals surface area contributed by atoms with Crippen molar-refractivity contribution in [1.29, 1.82) is 0 Å². The minimum absolute atomic E-state index is 0.0187. The van der Waals surface area contributed by atoms with Crippen LogP contribution < -0.4 is 19.7 Å². The molecule has 0 saturated carbocycles. The van der Waals surface area contributed by atoms with Crippen LogP contribution in [0, 0.1) is 0 Å². The number of nitrogens with one attached hydrogen (secondary N) is 1. The Morgan fingerprint density at radius 2 is 1.77 bits per heavy atom. The third-order valence-electron chi connectivity index (χ3n) is 6.19. The fraction of sp³-hybridized carbons (Fsp3) is 0.458. The Hall–Kier alpha value is -2.77. The number of rotatable bonds is 5. The van der Waals surface area contributed by atoms with Gasteiger partial charge in [-0.2, -0.15) is 0 Å². The number of likely N-dealkylation sites (tertiary alicyclic amines) is 1. The molecule has 3 aliphatic rings. The number of carbonyl (C=O) groups is 1. The van der Waals surface area contributed by atoms with E-state index in [4.69, 9.17) is 14.2 Å². The number of hydrogen-bond acceptors (Lipinski definition) is 6. The predicted molar refractivity (Wildman–Crippen MR) is 119 cm³/mol. The van der Waals surface area contributed by atoms with Gasteiger partial charge in [-0.15, -0.1) is 0 Å². The van der Waals surface area contributed by atoms with Gasteiger partial charge in [0.05, 0.1) is 31.1 Å². The molecule has 1 atom stereocenters. The summed E-state index contributed by atoms with van der Waals surface area (Å²) in [5, 5.41) is 3.15. The van der Waals surface area contributed by atoms with E-state index in [1.165, 1.54) is 5.56 Å². The fourth-order valence-electron chi connectivity index (χ4n) is 4.69. The molecule has 3 heterocycles. The highest BCUT2D eigenvalue weighted by Gasteiger charge is 2.29. The molecular formula is C24H29N3O4. The van der Waals surface area contributed by atoms with Crippen molar-refractivity contribution in [3.8, 4) is 11.5 Å². The topological polar surface area (TPSA) is 63.3 Å². The van der Waals surface area contributed by atoms with Crippen LogP contribution in [-0.4, -0.2) is 63.4 Å². The molecule has 1 amide bonds. The van der Waals surface area contributed by atoms with Crippen LogP contribution in [0.5, 0.6) is 11.5 Å². The lowest BCUT2D eigenvalue weighted by molar-refractivity contribution is -0.117. The number of morpholine rings is 1. The van der Waals surface area contributed by atoms with Crippen molar-refractivity contribution in [3.05, 3.63) is 48.0 Å². The molecule has 2 saturated heterocycles. The average molecular weight is 424 g/mol. The zero-order valence-electron chi connectivity index (χ0n) is 17.7. The maximum atomic E-state index is 13.0. The lowest BCUT2D eigenvalue weighted by Gasteiger charge is -2.31. The summed E-state index contributed by atoms with van der Waals surface area (Å²) in [6.07, 6.45) is 2.12. The van der Waals surface area contributed by atoms with Crippen LogP contribution in [-0.2, 0) is 9.53 Å². The van der Waals surface area contributed by atoms with Gasteiger partial charge in [-0.1, -0.05) is 18.2 Å². The summed E-state index contributed by atoms with van der Waals surface area (Å²) in [5.41, 5.74) is 3.11. The fourth-order valence-corrected chi connectivity index (χ4v) is 4.69. The highest BCUT2D eigenvalue weighted by atomic mass is 16.6. The first-order valence-electron chi connectivity index (χ1n) is 11.1. The Morgan fingerprint density at radius 3 is 2.65 bits per heavy atom. The van der Waals surface area contributed by atoms with Crippen molar-refractivity contribution < 1.29 is 19.0 Å². The smallest absolute Gasteiger partial charge is 0.238 e. The summed E-state index contributed by atoms with van der Waals surface area (Å²) in [7, 11) is 0. The minimum atomic E-state index is 0.0187. The van der Waals surface area contributed by atoms with Gasteiger partial charge in [-0.05, 0) is 49.2 Å². The van der Waals surface area contributed by atoms with E-state index in [0.717, 1.165) is 55.3 Å². The van der Waals surface area contributed by atoms with Gasteiger partial charge in [0.1, 0.15) is 13.2 Å². The van der Waals surface area contributed by atoms with E-state index in [1.54, 1.807) is 0 Å². The van der Waals surface area contributed by atoms with E-state index in [9.17, 15) is 4.79 Å². The number of amides is 1. The van der Waals surface area contributed by atoms with E-state index in [1.807, 2.05) is 24.3 Å². The van der Waals surface area contributed by atoms with Gasteiger partial charge in [0, 0.05) is 19.1 Å². The van der Waals surface area contributed by atoms with Gasteiger partial charge in [-0.25, -0.2) is 0 Å². The second-order valence-corrected chi connectivity index (χ2v) is 8.20. The first-order valence-corrected chi connectivity index (χ1v) is 11.1. The Labute approximate surface area is 182 Å². The zero-order valence-corrected chi connectivity index (χ0v) is 17.7. The largest absolute Gasteiger partial charge is 0.486 e. The van der Waals surface area contributed by atoms with Crippen molar-refractivity contribution in [2.45, 2.75) is 18.9 Å². The van der Waals surface area contributed by atoms with Gasteiger partial charge in [0.15, 0.2) is 11.5 Å². The van der Waals surface area contributed by atoms with E-state index in [0.29, 0.717) is 33.0 Å². The summed E-state index contributed by atoms with van der Waals surface area (Å²) in [4.78, 5) is 17.5. The molecule has 0 aromatic heterocycles. The number of benzene rings is 2. The first-order chi connectivity index (χ1) is 15.3. The molecule has 0 bridgehead atoms. The summed E-state index contributed by atoms with van der Waals surface area (Å²) < 4.78 is 16.9. The molecule has 1 N–H and O–H groups in total. The number of ether oxygens (including phenoxy) is 3. The van der Waals surface area contributed by atoms with Gasteiger partial charge in [-0.3, -0.25) is 9.69 Å². The summed E-state index contributed by atoms with van der Waals surface area (Å²) in [5.74, 6) is 1.63. The van der Waals surface area contributed by atoms with Crippen LogP contribution in [0.25, 0.3) is 0 Å². The second kappa shape index (κ2) is 9.16. The number of anilines is 2. The Morgan fingerprint density at radius 1 is 0.968 bits per heavy atom.